The van der Waals surface area contributed by atoms with Gasteiger partial charge in [-0.2, -0.15) is 0 Å². The van der Waals surface area contributed by atoms with Gasteiger partial charge in [-0.25, -0.2) is 9.79 Å². The zero-order chi connectivity index (χ0) is 19.4. The van der Waals surface area contributed by atoms with Crippen LogP contribution in [0, 0.1) is 13.8 Å². The normalized spacial score (nSPS) is 16.6. The van der Waals surface area contributed by atoms with Crippen molar-refractivity contribution in [3.63, 3.8) is 0 Å². The first-order valence-electron chi connectivity index (χ1n) is 8.23. The smallest absolute Gasteiger partial charge is 0.341 e. The SMILES string of the molecule is Cc1cccc(N=C2NC(=O)/C(=C\c3ccccc3OCC(=O)O)S2)c1C. The summed E-state index contributed by atoms with van der Waals surface area (Å²) in [6.07, 6.45) is 1.67. The maximum Gasteiger partial charge on any atom is 0.341 e. The number of carboxylic acid groups (broad SMARTS) is 1. The molecule has 2 N–H and O–H groups in total. The van der Waals surface area contributed by atoms with E-state index < -0.39 is 12.6 Å². The second kappa shape index (κ2) is 8.09. The summed E-state index contributed by atoms with van der Waals surface area (Å²) >= 11 is 1.23. The predicted molar refractivity (Wildman–Crippen MR) is 106 cm³/mol. The number of hydrogen-bond donors (Lipinski definition) is 2. The van der Waals surface area contributed by atoms with E-state index in [-0.39, 0.29) is 5.91 Å². The van der Waals surface area contributed by atoms with Gasteiger partial charge in [0.05, 0.1) is 10.6 Å². The molecule has 0 unspecified atom stereocenters. The number of aliphatic carboxylic acids is 1. The van der Waals surface area contributed by atoms with Crippen molar-refractivity contribution in [2.24, 2.45) is 4.99 Å². The minimum Gasteiger partial charge on any atom is -0.481 e. The van der Waals surface area contributed by atoms with Gasteiger partial charge in [0.15, 0.2) is 11.8 Å². The van der Waals surface area contributed by atoms with Crippen LogP contribution in [0.25, 0.3) is 6.08 Å². The Morgan fingerprint density at radius 2 is 2.00 bits per heavy atom. The van der Waals surface area contributed by atoms with Crippen molar-refractivity contribution in [3.8, 4) is 5.75 Å². The van der Waals surface area contributed by atoms with Gasteiger partial charge < -0.3 is 15.2 Å². The number of carbonyl (C=O) groups is 2. The molecular weight excluding hydrogens is 364 g/mol. The first kappa shape index (κ1) is 18.7. The molecule has 2 aromatic rings. The van der Waals surface area contributed by atoms with Crippen molar-refractivity contribution in [1.29, 1.82) is 0 Å². The molecule has 0 aliphatic carbocycles. The first-order chi connectivity index (χ1) is 12.9. The van der Waals surface area contributed by atoms with Crippen LogP contribution in [0.1, 0.15) is 16.7 Å². The van der Waals surface area contributed by atoms with Crippen LogP contribution in [-0.4, -0.2) is 28.8 Å². The molecule has 1 heterocycles. The number of aryl methyl sites for hydroxylation is 1. The van der Waals surface area contributed by atoms with Gasteiger partial charge >= 0.3 is 5.97 Å². The van der Waals surface area contributed by atoms with Gasteiger partial charge in [0, 0.05) is 5.56 Å². The Balaban J connectivity index is 1.85. The third kappa shape index (κ3) is 4.57. The minimum absolute atomic E-state index is 0.253. The molecule has 1 saturated heterocycles. The topological polar surface area (TPSA) is 88.0 Å². The average Bonchev–Trinajstić information content (AvgIpc) is 2.97. The van der Waals surface area contributed by atoms with Crippen LogP contribution < -0.4 is 10.1 Å². The van der Waals surface area contributed by atoms with E-state index in [1.165, 1.54) is 11.8 Å². The van der Waals surface area contributed by atoms with Crippen molar-refractivity contribution in [2.45, 2.75) is 13.8 Å². The third-order valence-corrected chi connectivity index (χ3v) is 4.92. The highest BCUT2D eigenvalue weighted by atomic mass is 32.2. The number of ether oxygens (including phenoxy) is 1. The predicted octanol–water partition coefficient (Wildman–Crippen LogP) is 3.66. The summed E-state index contributed by atoms with van der Waals surface area (Å²) in [5, 5.41) is 12.0. The lowest BCUT2D eigenvalue weighted by molar-refractivity contribution is -0.139. The molecule has 6 nitrogen and oxygen atoms in total. The van der Waals surface area contributed by atoms with Crippen LogP contribution in [-0.2, 0) is 9.59 Å². The Morgan fingerprint density at radius 3 is 2.78 bits per heavy atom. The van der Waals surface area contributed by atoms with Crippen LogP contribution in [0.4, 0.5) is 5.69 Å². The molecule has 1 amide bonds. The van der Waals surface area contributed by atoms with Crippen LogP contribution >= 0.6 is 11.8 Å². The Kier molecular flexibility index (Phi) is 5.61. The maximum absolute atomic E-state index is 12.3. The number of amides is 1. The van der Waals surface area contributed by atoms with E-state index in [9.17, 15) is 9.59 Å². The van der Waals surface area contributed by atoms with E-state index in [0.29, 0.717) is 21.4 Å². The number of rotatable bonds is 5. The number of thioether (sulfide) groups is 1. The largest absolute Gasteiger partial charge is 0.481 e. The maximum atomic E-state index is 12.3. The summed E-state index contributed by atoms with van der Waals surface area (Å²) in [6, 6.07) is 12.8. The van der Waals surface area contributed by atoms with Crippen molar-refractivity contribution < 1.29 is 19.4 Å². The number of amidine groups is 1. The van der Waals surface area contributed by atoms with Crippen LogP contribution in [0.3, 0.4) is 0 Å². The summed E-state index contributed by atoms with van der Waals surface area (Å²) in [5.41, 5.74) is 3.63. The number of nitrogens with one attached hydrogen (secondary N) is 1. The van der Waals surface area contributed by atoms with Gasteiger partial charge in [0.2, 0.25) is 0 Å². The van der Waals surface area contributed by atoms with E-state index in [1.54, 1.807) is 30.3 Å². The molecule has 138 valence electrons. The lowest BCUT2D eigenvalue weighted by Gasteiger charge is -2.06. The van der Waals surface area contributed by atoms with Gasteiger partial charge in [-0.15, -0.1) is 0 Å². The summed E-state index contributed by atoms with van der Waals surface area (Å²) in [5.74, 6) is -0.911. The summed E-state index contributed by atoms with van der Waals surface area (Å²) in [7, 11) is 0. The molecule has 1 aliphatic heterocycles. The Bertz CT molecular complexity index is 966. The molecule has 0 radical (unpaired) electrons. The molecule has 1 fully saturated rings. The second-order valence-corrected chi connectivity index (χ2v) is 6.95. The monoisotopic (exact) mass is 382 g/mol. The van der Waals surface area contributed by atoms with E-state index in [4.69, 9.17) is 9.84 Å². The van der Waals surface area contributed by atoms with Gasteiger partial charge in [-0.1, -0.05) is 30.3 Å². The number of carboxylic acids is 1. The van der Waals surface area contributed by atoms with Gasteiger partial charge in [0.25, 0.3) is 5.91 Å². The Labute approximate surface area is 161 Å². The van der Waals surface area contributed by atoms with E-state index >= 15 is 0 Å². The fraction of sp³-hybridized carbons (Fsp3) is 0.150. The highest BCUT2D eigenvalue weighted by molar-refractivity contribution is 8.18. The molecule has 7 heteroatoms. The zero-order valence-corrected chi connectivity index (χ0v) is 15.7. The molecule has 0 aromatic heterocycles. The highest BCUT2D eigenvalue weighted by Gasteiger charge is 2.24. The molecule has 0 saturated carbocycles. The Hall–Kier alpha value is -3.06. The van der Waals surface area contributed by atoms with Crippen molar-refractivity contribution in [3.05, 3.63) is 64.1 Å². The average molecular weight is 382 g/mol. The second-order valence-electron chi connectivity index (χ2n) is 5.92. The van der Waals surface area contributed by atoms with Crippen LogP contribution in [0.2, 0.25) is 0 Å². The van der Waals surface area contributed by atoms with Gasteiger partial charge in [-0.3, -0.25) is 4.79 Å². The quantitative estimate of drug-likeness (QED) is 0.771. The molecule has 0 atom stereocenters. The summed E-state index contributed by atoms with van der Waals surface area (Å²) < 4.78 is 5.28. The van der Waals surface area contributed by atoms with E-state index in [0.717, 1.165) is 16.8 Å². The van der Waals surface area contributed by atoms with Crippen LogP contribution in [0.15, 0.2) is 52.4 Å². The fourth-order valence-electron chi connectivity index (χ4n) is 2.46. The fourth-order valence-corrected chi connectivity index (χ4v) is 3.28. The first-order valence-corrected chi connectivity index (χ1v) is 9.05. The lowest BCUT2D eigenvalue weighted by atomic mass is 10.1. The molecule has 0 bridgehead atoms. The molecule has 2 aromatic carbocycles. The van der Waals surface area contributed by atoms with Gasteiger partial charge in [0.1, 0.15) is 5.75 Å². The standard InChI is InChI=1S/C20H18N2O4S/c1-12-6-5-8-15(13(12)2)21-20-22-19(25)17(27-20)10-14-7-3-4-9-16(14)26-11-18(23)24/h3-10H,11H2,1-2H3,(H,23,24)(H,21,22,25)/b17-10+. The number of carbonyl (C=O) groups excluding carboxylic acids is 1. The highest BCUT2D eigenvalue weighted by Crippen LogP contribution is 2.31. The number of nitrogens with zero attached hydrogens (tertiary/aromatic N) is 1. The summed E-state index contributed by atoms with van der Waals surface area (Å²) in [4.78, 5) is 28.0. The zero-order valence-electron chi connectivity index (χ0n) is 14.9. The van der Waals surface area contributed by atoms with Gasteiger partial charge in [-0.05, 0) is 54.9 Å². The molecule has 1 aliphatic rings. The third-order valence-electron chi connectivity index (χ3n) is 4.01. The number of aliphatic imine (C=N–C) groups is 1. The molecule has 27 heavy (non-hydrogen) atoms. The summed E-state index contributed by atoms with van der Waals surface area (Å²) in [6.45, 7) is 3.56. The van der Waals surface area contributed by atoms with E-state index in [1.807, 2.05) is 32.0 Å². The number of hydrogen-bond acceptors (Lipinski definition) is 5. The number of benzene rings is 2. The van der Waals surface area contributed by atoms with Crippen LogP contribution in [0.5, 0.6) is 5.75 Å². The van der Waals surface area contributed by atoms with Crippen molar-refractivity contribution >= 4 is 40.6 Å². The molecule has 3 rings (SSSR count). The minimum atomic E-state index is -1.06. The van der Waals surface area contributed by atoms with Crippen molar-refractivity contribution in [1.82, 2.24) is 5.32 Å². The number of para-hydroxylation sites is 1. The van der Waals surface area contributed by atoms with Crippen molar-refractivity contribution in [2.75, 3.05) is 6.61 Å². The molecular formula is C20H18N2O4S. The molecule has 0 spiro atoms. The van der Waals surface area contributed by atoms with E-state index in [2.05, 4.69) is 10.3 Å². The lowest BCUT2D eigenvalue weighted by Crippen LogP contribution is -2.19. The Morgan fingerprint density at radius 1 is 1.22 bits per heavy atom.